The van der Waals surface area contributed by atoms with Gasteiger partial charge in [0, 0.05) is 45.0 Å². The third kappa shape index (κ3) is 6.33. The predicted molar refractivity (Wildman–Crippen MR) is 132 cm³/mol. The molecule has 9 nitrogen and oxygen atoms in total. The van der Waals surface area contributed by atoms with Crippen molar-refractivity contribution in [2.75, 3.05) is 80.8 Å². The quantitative estimate of drug-likeness (QED) is 0.718. The first kappa shape index (κ1) is 24.6. The predicted octanol–water partition coefficient (Wildman–Crippen LogP) is 2.95. The minimum Gasteiger partial charge on any atom is -0.444 e. The van der Waals surface area contributed by atoms with Crippen LogP contribution in [-0.4, -0.2) is 88.2 Å². The van der Waals surface area contributed by atoms with Gasteiger partial charge in [0.15, 0.2) is 0 Å². The van der Waals surface area contributed by atoms with Crippen LogP contribution in [0.5, 0.6) is 0 Å². The van der Waals surface area contributed by atoms with Gasteiger partial charge in [-0.25, -0.2) is 4.79 Å². The average molecular weight is 475 g/mol. The molecule has 3 heterocycles. The van der Waals surface area contributed by atoms with Crippen LogP contribution in [0, 0.1) is 5.92 Å². The summed E-state index contributed by atoms with van der Waals surface area (Å²) in [6.07, 6.45) is 1.18. The van der Waals surface area contributed by atoms with E-state index in [-0.39, 0.29) is 17.9 Å². The van der Waals surface area contributed by atoms with Gasteiger partial charge in [-0.3, -0.25) is 4.79 Å². The van der Waals surface area contributed by atoms with Gasteiger partial charge in [0.2, 0.25) is 5.91 Å². The van der Waals surface area contributed by atoms with Crippen molar-refractivity contribution >= 4 is 29.1 Å². The lowest BCUT2D eigenvalue weighted by Crippen LogP contribution is -2.45. The van der Waals surface area contributed by atoms with Crippen LogP contribution < -0.4 is 15.1 Å². The van der Waals surface area contributed by atoms with E-state index < -0.39 is 5.60 Å². The van der Waals surface area contributed by atoms with E-state index in [1.165, 1.54) is 0 Å². The Morgan fingerprint density at radius 2 is 1.62 bits per heavy atom. The summed E-state index contributed by atoms with van der Waals surface area (Å²) in [5, 5.41) is 3.17. The van der Waals surface area contributed by atoms with E-state index in [1.54, 1.807) is 4.90 Å². The molecular weight excluding hydrogens is 436 g/mol. The molecule has 0 saturated carbocycles. The number of hydrogen-bond acceptors (Lipinski definition) is 7. The number of nitrogens with one attached hydrogen (secondary N) is 1. The first-order valence-electron chi connectivity index (χ1n) is 12.4. The van der Waals surface area contributed by atoms with Crippen LogP contribution in [-0.2, 0) is 19.0 Å². The second-order valence-corrected chi connectivity index (χ2v) is 10.2. The maximum absolute atomic E-state index is 13.3. The van der Waals surface area contributed by atoms with Crippen molar-refractivity contribution in [1.29, 1.82) is 0 Å². The van der Waals surface area contributed by atoms with Gasteiger partial charge in [-0.05, 0) is 51.8 Å². The molecule has 3 aliphatic rings. The molecule has 1 aromatic carbocycles. The Morgan fingerprint density at radius 1 is 0.971 bits per heavy atom. The van der Waals surface area contributed by atoms with E-state index in [1.807, 2.05) is 26.8 Å². The number of ether oxygens (including phenoxy) is 3. The summed E-state index contributed by atoms with van der Waals surface area (Å²) >= 11 is 0. The molecule has 3 aliphatic heterocycles. The summed E-state index contributed by atoms with van der Waals surface area (Å²) in [5.74, 6) is -0.320. The monoisotopic (exact) mass is 474 g/mol. The largest absolute Gasteiger partial charge is 0.444 e. The summed E-state index contributed by atoms with van der Waals surface area (Å²) < 4.78 is 16.6. The van der Waals surface area contributed by atoms with Gasteiger partial charge in [-0.1, -0.05) is 0 Å². The second-order valence-electron chi connectivity index (χ2n) is 10.2. The maximum Gasteiger partial charge on any atom is 0.410 e. The number of rotatable bonds is 4. The molecule has 3 fully saturated rings. The number of hydrogen-bond donors (Lipinski definition) is 1. The highest BCUT2D eigenvalue weighted by Crippen LogP contribution is 2.33. The van der Waals surface area contributed by atoms with Gasteiger partial charge >= 0.3 is 6.09 Å². The van der Waals surface area contributed by atoms with Crippen LogP contribution in [0.3, 0.4) is 0 Å². The van der Waals surface area contributed by atoms with Crippen molar-refractivity contribution in [2.45, 2.75) is 39.2 Å². The highest BCUT2D eigenvalue weighted by atomic mass is 16.6. The fraction of sp³-hybridized carbons (Fsp3) is 0.680. The van der Waals surface area contributed by atoms with Crippen LogP contribution >= 0.6 is 0 Å². The summed E-state index contributed by atoms with van der Waals surface area (Å²) in [4.78, 5) is 32.1. The molecule has 1 unspecified atom stereocenters. The van der Waals surface area contributed by atoms with Gasteiger partial charge in [0.1, 0.15) is 5.60 Å². The lowest BCUT2D eigenvalue weighted by Gasteiger charge is -2.35. The normalized spacial score (nSPS) is 21.9. The number of morpholine rings is 2. The number of anilines is 3. The zero-order valence-electron chi connectivity index (χ0n) is 20.7. The van der Waals surface area contributed by atoms with Crippen LogP contribution in [0.2, 0.25) is 0 Å². The highest BCUT2D eigenvalue weighted by Gasteiger charge is 2.31. The Morgan fingerprint density at radius 3 is 2.26 bits per heavy atom. The standard InChI is InChI=1S/C25H38N4O5/c1-25(2,3)34-24(31)29-8-4-5-19(18-29)23(30)26-21-7-6-20(27-9-13-32-14-10-27)17-22(21)28-11-15-33-16-12-28/h6-7,17,19H,4-5,8-16,18H2,1-3H3,(H,26,30). The topological polar surface area (TPSA) is 83.6 Å². The number of benzene rings is 1. The second kappa shape index (κ2) is 10.8. The van der Waals surface area contributed by atoms with Crippen molar-refractivity contribution in [3.63, 3.8) is 0 Å². The third-order valence-corrected chi connectivity index (χ3v) is 6.41. The van der Waals surface area contributed by atoms with Crippen molar-refractivity contribution in [1.82, 2.24) is 4.90 Å². The molecule has 2 amide bonds. The summed E-state index contributed by atoms with van der Waals surface area (Å²) in [5.41, 5.74) is 2.40. The van der Waals surface area contributed by atoms with Crippen LogP contribution in [0.25, 0.3) is 0 Å². The van der Waals surface area contributed by atoms with Crippen molar-refractivity contribution < 1.29 is 23.8 Å². The molecule has 34 heavy (non-hydrogen) atoms. The molecule has 9 heteroatoms. The minimum atomic E-state index is -0.554. The fourth-order valence-corrected chi connectivity index (χ4v) is 4.63. The zero-order valence-corrected chi connectivity index (χ0v) is 20.7. The molecule has 0 aromatic heterocycles. The molecule has 1 N–H and O–H groups in total. The summed E-state index contributed by atoms with van der Waals surface area (Å²) in [7, 11) is 0. The number of piperidine rings is 1. The smallest absolute Gasteiger partial charge is 0.410 e. The molecule has 0 aliphatic carbocycles. The van der Waals surface area contributed by atoms with Crippen LogP contribution in [0.4, 0.5) is 21.9 Å². The van der Waals surface area contributed by atoms with E-state index in [2.05, 4.69) is 27.2 Å². The number of nitrogens with zero attached hydrogens (tertiary/aromatic N) is 3. The van der Waals surface area contributed by atoms with Crippen LogP contribution in [0.1, 0.15) is 33.6 Å². The number of carbonyl (C=O) groups is 2. The van der Waals surface area contributed by atoms with E-state index in [0.717, 1.165) is 69.3 Å². The number of amides is 2. The van der Waals surface area contributed by atoms with Crippen molar-refractivity contribution in [3.8, 4) is 0 Å². The molecule has 0 spiro atoms. The molecule has 1 aromatic rings. The lowest BCUT2D eigenvalue weighted by molar-refractivity contribution is -0.121. The molecule has 188 valence electrons. The van der Waals surface area contributed by atoms with E-state index >= 15 is 0 Å². The molecule has 1 atom stereocenters. The average Bonchev–Trinajstić information content (AvgIpc) is 2.84. The Balaban J connectivity index is 1.48. The molecule has 3 saturated heterocycles. The van der Waals surface area contributed by atoms with Gasteiger partial charge in [0.25, 0.3) is 0 Å². The first-order valence-corrected chi connectivity index (χ1v) is 12.4. The molecular formula is C25H38N4O5. The van der Waals surface area contributed by atoms with E-state index in [4.69, 9.17) is 14.2 Å². The fourth-order valence-electron chi connectivity index (χ4n) is 4.63. The van der Waals surface area contributed by atoms with Crippen molar-refractivity contribution in [3.05, 3.63) is 18.2 Å². The Hall–Kier alpha value is -2.52. The first-order chi connectivity index (χ1) is 16.3. The SMILES string of the molecule is CC(C)(C)OC(=O)N1CCCC(C(=O)Nc2ccc(N3CCOCC3)cc2N2CCOCC2)C1. The van der Waals surface area contributed by atoms with Gasteiger partial charge in [0.05, 0.1) is 43.7 Å². The minimum absolute atomic E-state index is 0.0538. The maximum atomic E-state index is 13.3. The highest BCUT2D eigenvalue weighted by molar-refractivity contribution is 5.97. The van der Waals surface area contributed by atoms with Crippen molar-refractivity contribution in [2.24, 2.45) is 5.92 Å². The Labute approximate surface area is 202 Å². The molecule has 0 radical (unpaired) electrons. The lowest BCUT2D eigenvalue weighted by atomic mass is 9.97. The molecule has 0 bridgehead atoms. The number of carbonyl (C=O) groups excluding carboxylic acids is 2. The Bertz CT molecular complexity index is 859. The van der Waals surface area contributed by atoms with Gasteiger partial charge in [-0.15, -0.1) is 0 Å². The summed E-state index contributed by atoms with van der Waals surface area (Å²) in [6, 6.07) is 6.24. The van der Waals surface area contributed by atoms with E-state index in [0.29, 0.717) is 26.3 Å². The number of likely N-dealkylation sites (tertiary alicyclic amines) is 1. The zero-order chi connectivity index (χ0) is 24.1. The van der Waals surface area contributed by atoms with Gasteiger partial charge < -0.3 is 34.2 Å². The van der Waals surface area contributed by atoms with Gasteiger partial charge in [-0.2, -0.15) is 0 Å². The Kier molecular flexibility index (Phi) is 7.83. The van der Waals surface area contributed by atoms with Crippen LogP contribution in [0.15, 0.2) is 18.2 Å². The third-order valence-electron chi connectivity index (χ3n) is 6.41. The molecule has 4 rings (SSSR count). The summed E-state index contributed by atoms with van der Waals surface area (Å²) in [6.45, 7) is 12.6. The van der Waals surface area contributed by atoms with E-state index in [9.17, 15) is 9.59 Å².